The van der Waals surface area contributed by atoms with Crippen molar-refractivity contribution in [3.63, 3.8) is 0 Å². The van der Waals surface area contributed by atoms with Crippen molar-refractivity contribution in [2.45, 2.75) is 78.4 Å². The molecule has 114 valence electrons. The topological polar surface area (TPSA) is 38.0 Å². The van der Waals surface area contributed by atoms with E-state index in [1.165, 1.54) is 6.42 Å². The number of nitrogens with zero attached hydrogens (tertiary/aromatic N) is 2. The van der Waals surface area contributed by atoms with Gasteiger partial charge in [-0.3, -0.25) is 0 Å². The van der Waals surface area contributed by atoms with Crippen LogP contribution in [0.15, 0.2) is 12.4 Å². The van der Waals surface area contributed by atoms with Gasteiger partial charge in [0, 0.05) is 18.3 Å². The van der Waals surface area contributed by atoms with Gasteiger partial charge in [0.15, 0.2) is 0 Å². The molecule has 2 rings (SSSR count). The predicted molar refractivity (Wildman–Crippen MR) is 82.8 cm³/mol. The highest BCUT2D eigenvalue weighted by molar-refractivity contribution is 5.03. The van der Waals surface area contributed by atoms with E-state index in [-0.39, 0.29) is 12.1 Å². The van der Waals surface area contributed by atoms with E-state index in [0.29, 0.717) is 17.3 Å². The van der Waals surface area contributed by atoms with Crippen molar-refractivity contribution in [3.05, 3.63) is 18.2 Å². The summed E-state index contributed by atoms with van der Waals surface area (Å²) in [6.45, 7) is 11.3. The quantitative estimate of drug-likeness (QED) is 0.898. The molecule has 3 nitrogen and oxygen atoms in total. The van der Waals surface area contributed by atoms with Crippen molar-refractivity contribution >= 4 is 0 Å². The van der Waals surface area contributed by atoms with E-state index >= 15 is 0 Å². The lowest BCUT2D eigenvalue weighted by Gasteiger charge is -2.42. The predicted octanol–water partition coefficient (Wildman–Crippen LogP) is 4.14. The molecule has 0 bridgehead atoms. The highest BCUT2D eigenvalue weighted by atomic mass is 16.3. The fourth-order valence-corrected chi connectivity index (χ4v) is 3.48. The first-order valence-corrected chi connectivity index (χ1v) is 8.07. The molecule has 20 heavy (non-hydrogen) atoms. The highest BCUT2D eigenvalue weighted by Gasteiger charge is 2.37. The maximum atomic E-state index is 10.5. The number of imidazole rings is 1. The van der Waals surface area contributed by atoms with Crippen LogP contribution in [0.25, 0.3) is 0 Å². The first-order chi connectivity index (χ1) is 9.36. The molecule has 3 unspecified atom stereocenters. The maximum Gasteiger partial charge on any atom is 0.111 e. The second kappa shape index (κ2) is 5.88. The SMILES string of the molecule is CCC(C)(C)C1CCC(O)C(n2ccnc2C(C)C)C1. The molecule has 1 aromatic rings. The molecule has 0 aromatic carbocycles. The summed E-state index contributed by atoms with van der Waals surface area (Å²) < 4.78 is 2.23. The Morgan fingerprint density at radius 2 is 2.10 bits per heavy atom. The second-order valence-corrected chi connectivity index (χ2v) is 7.33. The molecule has 0 saturated heterocycles. The van der Waals surface area contributed by atoms with Gasteiger partial charge in [0.25, 0.3) is 0 Å². The Morgan fingerprint density at radius 3 is 2.70 bits per heavy atom. The van der Waals surface area contributed by atoms with E-state index < -0.39 is 0 Å². The molecule has 1 heterocycles. The van der Waals surface area contributed by atoms with Gasteiger partial charge in [-0.2, -0.15) is 0 Å². The summed E-state index contributed by atoms with van der Waals surface area (Å²) in [5.74, 6) is 2.18. The molecule has 1 aliphatic carbocycles. The Balaban J connectivity index is 2.23. The molecule has 0 aliphatic heterocycles. The highest BCUT2D eigenvalue weighted by Crippen LogP contribution is 2.44. The van der Waals surface area contributed by atoms with Crippen LogP contribution < -0.4 is 0 Å². The van der Waals surface area contributed by atoms with Crippen LogP contribution in [0.5, 0.6) is 0 Å². The Bertz CT molecular complexity index is 436. The van der Waals surface area contributed by atoms with Crippen LogP contribution in [0, 0.1) is 11.3 Å². The summed E-state index contributed by atoms with van der Waals surface area (Å²) in [5, 5.41) is 10.5. The van der Waals surface area contributed by atoms with Crippen LogP contribution in [-0.2, 0) is 0 Å². The van der Waals surface area contributed by atoms with Gasteiger partial charge < -0.3 is 9.67 Å². The maximum absolute atomic E-state index is 10.5. The van der Waals surface area contributed by atoms with Gasteiger partial charge >= 0.3 is 0 Å². The minimum absolute atomic E-state index is 0.194. The van der Waals surface area contributed by atoms with Crippen LogP contribution in [0.4, 0.5) is 0 Å². The number of hydrogen-bond donors (Lipinski definition) is 1. The Hall–Kier alpha value is -0.830. The molecule has 3 atom stereocenters. The summed E-state index contributed by atoms with van der Waals surface area (Å²) in [4.78, 5) is 4.48. The number of rotatable bonds is 4. The van der Waals surface area contributed by atoms with Gasteiger partial charge in [-0.25, -0.2) is 4.98 Å². The zero-order chi connectivity index (χ0) is 14.9. The molecule has 1 aliphatic rings. The molecule has 0 amide bonds. The van der Waals surface area contributed by atoms with Crippen molar-refractivity contribution in [3.8, 4) is 0 Å². The van der Waals surface area contributed by atoms with Crippen molar-refractivity contribution in [1.82, 2.24) is 9.55 Å². The summed E-state index contributed by atoms with van der Waals surface area (Å²) in [7, 11) is 0. The Morgan fingerprint density at radius 1 is 1.40 bits per heavy atom. The van der Waals surface area contributed by atoms with E-state index in [4.69, 9.17) is 0 Å². The molecular formula is C17H30N2O. The largest absolute Gasteiger partial charge is 0.391 e. The molecule has 0 spiro atoms. The summed E-state index contributed by atoms with van der Waals surface area (Å²) >= 11 is 0. The third kappa shape index (κ3) is 2.93. The molecule has 3 heteroatoms. The van der Waals surface area contributed by atoms with Crippen LogP contribution in [-0.4, -0.2) is 20.8 Å². The number of hydrogen-bond acceptors (Lipinski definition) is 2. The van der Waals surface area contributed by atoms with E-state index in [2.05, 4.69) is 44.2 Å². The van der Waals surface area contributed by atoms with E-state index in [9.17, 15) is 5.11 Å². The lowest BCUT2D eigenvalue weighted by Crippen LogP contribution is -2.37. The number of aliphatic hydroxyl groups excluding tert-OH is 1. The summed E-state index contributed by atoms with van der Waals surface area (Å²) in [5.41, 5.74) is 0.358. The minimum atomic E-state index is -0.231. The molecule has 1 saturated carbocycles. The summed E-state index contributed by atoms with van der Waals surface area (Å²) in [6.07, 6.45) is 8.00. The normalized spacial score (nSPS) is 28.1. The first kappa shape index (κ1) is 15.6. The third-order valence-corrected chi connectivity index (χ3v) is 5.37. The van der Waals surface area contributed by atoms with Gasteiger partial charge in [0.2, 0.25) is 0 Å². The fraction of sp³-hybridized carbons (Fsp3) is 0.824. The molecular weight excluding hydrogens is 248 g/mol. The van der Waals surface area contributed by atoms with Crippen molar-refractivity contribution in [1.29, 1.82) is 0 Å². The lowest BCUT2D eigenvalue weighted by molar-refractivity contribution is 0.0180. The average Bonchev–Trinajstić information content (AvgIpc) is 2.88. The second-order valence-electron chi connectivity index (χ2n) is 7.33. The number of aliphatic hydroxyl groups is 1. The fourth-order valence-electron chi connectivity index (χ4n) is 3.48. The Labute approximate surface area is 123 Å². The zero-order valence-electron chi connectivity index (χ0n) is 13.6. The average molecular weight is 278 g/mol. The first-order valence-electron chi connectivity index (χ1n) is 8.07. The smallest absolute Gasteiger partial charge is 0.111 e. The van der Waals surface area contributed by atoms with Gasteiger partial charge in [-0.15, -0.1) is 0 Å². The molecule has 0 radical (unpaired) electrons. The Kier molecular flexibility index (Phi) is 4.58. The van der Waals surface area contributed by atoms with Crippen LogP contribution >= 0.6 is 0 Å². The molecule has 1 N–H and O–H groups in total. The zero-order valence-corrected chi connectivity index (χ0v) is 13.6. The van der Waals surface area contributed by atoms with Crippen LogP contribution in [0.1, 0.15) is 78.1 Å². The van der Waals surface area contributed by atoms with Crippen molar-refractivity contribution in [2.24, 2.45) is 11.3 Å². The standard InChI is InChI=1S/C17H30N2O/c1-6-17(4,5)13-7-8-15(20)14(11-13)19-10-9-18-16(19)12(2)3/h9-10,12-15,20H,6-8,11H2,1-5H3. The summed E-state index contributed by atoms with van der Waals surface area (Å²) in [6, 6.07) is 0.194. The third-order valence-electron chi connectivity index (χ3n) is 5.37. The number of aromatic nitrogens is 2. The van der Waals surface area contributed by atoms with Gasteiger partial charge in [-0.1, -0.05) is 41.0 Å². The molecule has 1 fully saturated rings. The van der Waals surface area contributed by atoms with Crippen molar-refractivity contribution in [2.75, 3.05) is 0 Å². The van der Waals surface area contributed by atoms with Gasteiger partial charge in [0.1, 0.15) is 5.82 Å². The lowest BCUT2D eigenvalue weighted by atomic mass is 9.68. The van der Waals surface area contributed by atoms with E-state index in [0.717, 1.165) is 25.1 Å². The van der Waals surface area contributed by atoms with Crippen molar-refractivity contribution < 1.29 is 5.11 Å². The van der Waals surface area contributed by atoms with E-state index in [1.54, 1.807) is 0 Å². The monoisotopic (exact) mass is 278 g/mol. The minimum Gasteiger partial charge on any atom is -0.391 e. The van der Waals surface area contributed by atoms with Crippen LogP contribution in [0.2, 0.25) is 0 Å². The van der Waals surface area contributed by atoms with Crippen LogP contribution in [0.3, 0.4) is 0 Å². The van der Waals surface area contributed by atoms with Gasteiger partial charge in [-0.05, 0) is 30.6 Å². The molecule has 1 aromatic heterocycles. The van der Waals surface area contributed by atoms with Gasteiger partial charge in [0.05, 0.1) is 12.1 Å². The van der Waals surface area contributed by atoms with E-state index in [1.807, 2.05) is 12.4 Å².